The summed E-state index contributed by atoms with van der Waals surface area (Å²) in [4.78, 5) is 13.7. The fourth-order valence-corrected chi connectivity index (χ4v) is 2.37. The first kappa shape index (κ1) is 11.8. The molecule has 16 heavy (non-hydrogen) atoms. The van der Waals surface area contributed by atoms with Crippen molar-refractivity contribution in [2.45, 2.75) is 37.5 Å². The molecule has 2 N–H and O–H groups in total. The molecular formula is C11H20N2O3. The number of aliphatic hydroxyl groups is 1. The van der Waals surface area contributed by atoms with Crippen LogP contribution in [0.2, 0.25) is 0 Å². The van der Waals surface area contributed by atoms with Gasteiger partial charge < -0.3 is 20.1 Å². The Morgan fingerprint density at radius 2 is 2.25 bits per heavy atom. The van der Waals surface area contributed by atoms with Crippen LogP contribution < -0.4 is 5.32 Å². The largest absolute Gasteiger partial charge is 0.390 e. The summed E-state index contributed by atoms with van der Waals surface area (Å²) in [5, 5.41) is 12.8. The predicted octanol–water partition coefficient (Wildman–Crippen LogP) is -0.653. The van der Waals surface area contributed by atoms with Crippen LogP contribution >= 0.6 is 0 Å². The van der Waals surface area contributed by atoms with Gasteiger partial charge in [0.1, 0.15) is 6.10 Å². The topological polar surface area (TPSA) is 61.8 Å². The zero-order valence-electron chi connectivity index (χ0n) is 9.69. The molecule has 92 valence electrons. The Hall–Kier alpha value is -0.650. The van der Waals surface area contributed by atoms with Crippen molar-refractivity contribution in [3.63, 3.8) is 0 Å². The SMILES string of the molecule is CN(C(=O)C1CCCCO1)[C@H]1CNC[C@@H]1O. The average Bonchev–Trinajstić information content (AvgIpc) is 2.75. The summed E-state index contributed by atoms with van der Waals surface area (Å²) < 4.78 is 5.46. The second-order valence-electron chi connectivity index (χ2n) is 4.60. The Bertz CT molecular complexity index is 254. The van der Waals surface area contributed by atoms with Crippen LogP contribution in [0.25, 0.3) is 0 Å². The van der Waals surface area contributed by atoms with E-state index in [0.29, 0.717) is 19.7 Å². The minimum Gasteiger partial charge on any atom is -0.390 e. The van der Waals surface area contributed by atoms with Gasteiger partial charge in [-0.3, -0.25) is 4.79 Å². The molecule has 5 nitrogen and oxygen atoms in total. The second kappa shape index (κ2) is 5.12. The molecule has 0 spiro atoms. The van der Waals surface area contributed by atoms with Crippen LogP contribution in [0.5, 0.6) is 0 Å². The third-order valence-corrected chi connectivity index (χ3v) is 3.45. The summed E-state index contributed by atoms with van der Waals surface area (Å²) in [5.41, 5.74) is 0. The number of amides is 1. The van der Waals surface area contributed by atoms with Gasteiger partial charge in [0.05, 0.1) is 12.1 Å². The van der Waals surface area contributed by atoms with Gasteiger partial charge in [0.15, 0.2) is 0 Å². The molecule has 5 heteroatoms. The molecule has 2 fully saturated rings. The number of ether oxygens (including phenoxy) is 1. The molecule has 2 heterocycles. The van der Waals surface area contributed by atoms with Crippen molar-refractivity contribution in [3.8, 4) is 0 Å². The van der Waals surface area contributed by atoms with E-state index in [1.54, 1.807) is 11.9 Å². The van der Waals surface area contributed by atoms with E-state index < -0.39 is 6.10 Å². The maximum atomic E-state index is 12.1. The maximum Gasteiger partial charge on any atom is 0.251 e. The molecule has 0 aromatic rings. The van der Waals surface area contributed by atoms with Gasteiger partial charge >= 0.3 is 0 Å². The summed E-state index contributed by atoms with van der Waals surface area (Å²) in [5.74, 6) is 0.00690. The Labute approximate surface area is 95.8 Å². The molecule has 0 aliphatic carbocycles. The van der Waals surface area contributed by atoms with Gasteiger partial charge in [-0.05, 0) is 19.3 Å². The molecule has 2 rings (SSSR count). The van der Waals surface area contributed by atoms with Crippen molar-refractivity contribution in [3.05, 3.63) is 0 Å². The fourth-order valence-electron chi connectivity index (χ4n) is 2.37. The minimum absolute atomic E-state index is 0.00690. The Morgan fingerprint density at radius 3 is 2.81 bits per heavy atom. The molecule has 0 bridgehead atoms. The summed E-state index contributed by atoms with van der Waals surface area (Å²) in [6.07, 6.45) is 2.14. The molecule has 3 atom stereocenters. The van der Waals surface area contributed by atoms with Crippen LogP contribution in [-0.4, -0.2) is 60.9 Å². The number of carbonyl (C=O) groups is 1. The number of hydrogen-bond acceptors (Lipinski definition) is 4. The third kappa shape index (κ3) is 2.36. The Kier molecular flexibility index (Phi) is 3.78. The van der Waals surface area contributed by atoms with Gasteiger partial charge in [-0.25, -0.2) is 0 Å². The van der Waals surface area contributed by atoms with Gasteiger partial charge in [-0.1, -0.05) is 0 Å². The van der Waals surface area contributed by atoms with Crippen molar-refractivity contribution < 1.29 is 14.6 Å². The van der Waals surface area contributed by atoms with E-state index >= 15 is 0 Å². The number of aliphatic hydroxyl groups excluding tert-OH is 1. The molecule has 1 unspecified atom stereocenters. The van der Waals surface area contributed by atoms with Gasteiger partial charge in [0.2, 0.25) is 0 Å². The van der Waals surface area contributed by atoms with Gasteiger partial charge in [0, 0.05) is 26.7 Å². The fraction of sp³-hybridized carbons (Fsp3) is 0.909. The number of carbonyl (C=O) groups excluding carboxylic acids is 1. The summed E-state index contributed by atoms with van der Waals surface area (Å²) in [6, 6.07) is -0.113. The molecule has 0 radical (unpaired) electrons. The number of rotatable bonds is 2. The quantitative estimate of drug-likeness (QED) is 0.659. The lowest BCUT2D eigenvalue weighted by Gasteiger charge is -2.31. The molecule has 0 aromatic heterocycles. The van der Waals surface area contributed by atoms with Gasteiger partial charge in [0.25, 0.3) is 5.91 Å². The number of nitrogens with one attached hydrogen (secondary N) is 1. The zero-order chi connectivity index (χ0) is 11.5. The second-order valence-corrected chi connectivity index (χ2v) is 4.60. The highest BCUT2D eigenvalue weighted by Crippen LogP contribution is 2.17. The summed E-state index contributed by atoms with van der Waals surface area (Å²) in [6.45, 7) is 1.90. The van der Waals surface area contributed by atoms with E-state index in [9.17, 15) is 9.90 Å². The lowest BCUT2D eigenvalue weighted by Crippen LogP contribution is -2.49. The van der Waals surface area contributed by atoms with Crippen molar-refractivity contribution in [1.82, 2.24) is 10.2 Å². The first-order chi connectivity index (χ1) is 7.70. The van der Waals surface area contributed by atoms with Crippen LogP contribution in [0.4, 0.5) is 0 Å². The van der Waals surface area contributed by atoms with Crippen LogP contribution in [-0.2, 0) is 9.53 Å². The van der Waals surface area contributed by atoms with Gasteiger partial charge in [-0.15, -0.1) is 0 Å². The van der Waals surface area contributed by atoms with E-state index in [1.165, 1.54) is 0 Å². The average molecular weight is 228 g/mol. The lowest BCUT2D eigenvalue weighted by atomic mass is 10.1. The van der Waals surface area contributed by atoms with Gasteiger partial charge in [-0.2, -0.15) is 0 Å². The van der Waals surface area contributed by atoms with E-state index in [0.717, 1.165) is 19.3 Å². The standard InChI is InChI=1S/C11H20N2O3/c1-13(8-6-12-7-9(8)14)11(15)10-4-2-3-5-16-10/h8-10,12,14H,2-7H2,1H3/t8-,9-,10?/m0/s1. The van der Waals surface area contributed by atoms with Crippen LogP contribution in [0.3, 0.4) is 0 Å². The van der Waals surface area contributed by atoms with Crippen LogP contribution in [0.1, 0.15) is 19.3 Å². The Balaban J connectivity index is 1.92. The van der Waals surface area contributed by atoms with Crippen molar-refractivity contribution >= 4 is 5.91 Å². The van der Waals surface area contributed by atoms with E-state index in [-0.39, 0.29) is 18.1 Å². The van der Waals surface area contributed by atoms with Crippen LogP contribution in [0, 0.1) is 0 Å². The molecule has 2 aliphatic heterocycles. The summed E-state index contributed by atoms with van der Waals surface area (Å²) in [7, 11) is 1.75. The lowest BCUT2D eigenvalue weighted by molar-refractivity contribution is -0.148. The molecule has 2 saturated heterocycles. The number of hydrogen-bond donors (Lipinski definition) is 2. The smallest absolute Gasteiger partial charge is 0.251 e. The molecule has 0 aromatic carbocycles. The Morgan fingerprint density at radius 1 is 1.44 bits per heavy atom. The van der Waals surface area contributed by atoms with E-state index in [2.05, 4.69) is 5.32 Å². The highest BCUT2D eigenvalue weighted by molar-refractivity contribution is 5.81. The molecule has 2 aliphatic rings. The number of β-amino-alcohol motifs (C(OH)–C–C–N with tert-alkyl or cyclic N) is 1. The number of nitrogens with zero attached hydrogens (tertiary/aromatic N) is 1. The molecule has 0 saturated carbocycles. The predicted molar refractivity (Wildman–Crippen MR) is 59.0 cm³/mol. The minimum atomic E-state index is -0.461. The van der Waals surface area contributed by atoms with E-state index in [1.807, 2.05) is 0 Å². The van der Waals surface area contributed by atoms with Crippen molar-refractivity contribution in [2.75, 3.05) is 26.7 Å². The first-order valence-electron chi connectivity index (χ1n) is 5.97. The normalized spacial score (nSPS) is 35.0. The highest BCUT2D eigenvalue weighted by atomic mass is 16.5. The maximum absolute atomic E-state index is 12.1. The molecule has 1 amide bonds. The third-order valence-electron chi connectivity index (χ3n) is 3.45. The first-order valence-corrected chi connectivity index (χ1v) is 5.97. The highest BCUT2D eigenvalue weighted by Gasteiger charge is 2.34. The molecular weight excluding hydrogens is 208 g/mol. The van der Waals surface area contributed by atoms with E-state index in [4.69, 9.17) is 4.74 Å². The zero-order valence-corrected chi connectivity index (χ0v) is 9.69. The van der Waals surface area contributed by atoms with Crippen molar-refractivity contribution in [1.29, 1.82) is 0 Å². The summed E-state index contributed by atoms with van der Waals surface area (Å²) >= 11 is 0. The van der Waals surface area contributed by atoms with Crippen molar-refractivity contribution in [2.24, 2.45) is 0 Å². The number of likely N-dealkylation sites (N-methyl/N-ethyl adjacent to an activating group) is 1. The monoisotopic (exact) mass is 228 g/mol. The van der Waals surface area contributed by atoms with Crippen LogP contribution in [0.15, 0.2) is 0 Å².